The second kappa shape index (κ2) is 11.3. The quantitative estimate of drug-likeness (QED) is 0.269. The van der Waals surface area contributed by atoms with Crippen molar-refractivity contribution in [2.75, 3.05) is 45.3 Å². The predicted molar refractivity (Wildman–Crippen MR) is 109 cm³/mol. The number of nitrogens with zero attached hydrogens (tertiary/aromatic N) is 1. The summed E-state index contributed by atoms with van der Waals surface area (Å²) < 4.78 is 18.6. The number of carbonyl (C=O) groups is 1. The first kappa shape index (κ1) is 22.6. The summed E-state index contributed by atoms with van der Waals surface area (Å²) in [6, 6.07) is 5.72. The summed E-state index contributed by atoms with van der Waals surface area (Å²) in [5.41, 5.74) is 0.288. The summed E-state index contributed by atoms with van der Waals surface area (Å²) in [6.07, 6.45) is 1.52. The monoisotopic (exact) mass is 480 g/mol. The molecule has 7 nitrogen and oxygen atoms in total. The van der Waals surface area contributed by atoms with Crippen molar-refractivity contribution >= 4 is 41.5 Å². The van der Waals surface area contributed by atoms with Crippen molar-refractivity contribution in [1.82, 2.24) is 10.6 Å². The van der Waals surface area contributed by atoms with E-state index in [4.69, 9.17) is 4.74 Å². The highest BCUT2D eigenvalue weighted by Crippen LogP contribution is 2.31. The normalized spacial score (nSPS) is 19.6. The lowest BCUT2D eigenvalue weighted by Gasteiger charge is -2.27. The summed E-state index contributed by atoms with van der Waals surface area (Å²) in [6.45, 7) is 1.98. The summed E-state index contributed by atoms with van der Waals surface area (Å²) >= 11 is 0. The first-order valence-corrected chi connectivity index (χ1v) is 8.25. The number of anilines is 1. The van der Waals surface area contributed by atoms with Gasteiger partial charge in [0, 0.05) is 37.9 Å². The number of halogens is 2. The number of amides is 1. The molecule has 2 rings (SSSR count). The molecule has 1 atom stereocenters. The van der Waals surface area contributed by atoms with E-state index in [0.717, 1.165) is 6.42 Å². The van der Waals surface area contributed by atoms with Gasteiger partial charge in [0.1, 0.15) is 5.82 Å². The molecular weight excluding hydrogens is 454 g/mol. The van der Waals surface area contributed by atoms with E-state index in [-0.39, 0.29) is 48.5 Å². The molecule has 0 radical (unpaired) electrons. The number of aliphatic imine (C=N–C) groups is 1. The lowest BCUT2D eigenvalue weighted by Crippen LogP contribution is -2.46. The molecule has 0 saturated carbocycles. The molecule has 26 heavy (non-hydrogen) atoms. The largest absolute Gasteiger partial charge is 0.396 e. The van der Waals surface area contributed by atoms with Gasteiger partial charge in [0.15, 0.2) is 5.96 Å². The minimum atomic E-state index is -0.406. The second-order valence-electron chi connectivity index (χ2n) is 6.11. The van der Waals surface area contributed by atoms with Gasteiger partial charge in [-0.15, -0.1) is 24.0 Å². The van der Waals surface area contributed by atoms with E-state index < -0.39 is 5.82 Å². The Labute approximate surface area is 169 Å². The van der Waals surface area contributed by atoms with Gasteiger partial charge in [0.25, 0.3) is 0 Å². The highest BCUT2D eigenvalue weighted by molar-refractivity contribution is 14.0. The van der Waals surface area contributed by atoms with Crippen LogP contribution in [0.2, 0.25) is 0 Å². The van der Waals surface area contributed by atoms with Crippen LogP contribution in [0, 0.1) is 11.2 Å². The summed E-state index contributed by atoms with van der Waals surface area (Å²) in [5, 5.41) is 17.9. The number of aliphatic hydroxyl groups excluding tert-OH is 1. The van der Waals surface area contributed by atoms with Crippen molar-refractivity contribution < 1.29 is 19.0 Å². The zero-order chi connectivity index (χ0) is 18.1. The fourth-order valence-electron chi connectivity index (χ4n) is 2.74. The summed E-state index contributed by atoms with van der Waals surface area (Å²) in [5.74, 6) is -0.224. The lowest BCUT2D eigenvalue weighted by molar-refractivity contribution is -0.115. The molecule has 146 valence electrons. The van der Waals surface area contributed by atoms with Gasteiger partial charge in [-0.1, -0.05) is 6.07 Å². The standard InChI is InChI=1S/C17H25FN4O3.HI/c1-19-16(21-11-17(5-7-23)6-8-25-12-17)20-10-15(24)22-14-4-2-3-13(18)9-14;/h2-4,9,23H,5-8,10-12H2,1H3,(H,22,24)(H2,19,20,21);1H. The molecule has 0 aliphatic carbocycles. The number of carbonyl (C=O) groups excluding carboxylic acids is 1. The number of hydrogen-bond donors (Lipinski definition) is 4. The molecule has 1 aliphatic heterocycles. The van der Waals surface area contributed by atoms with Gasteiger partial charge in [-0.3, -0.25) is 9.79 Å². The summed E-state index contributed by atoms with van der Waals surface area (Å²) in [7, 11) is 1.61. The smallest absolute Gasteiger partial charge is 0.243 e. The van der Waals surface area contributed by atoms with E-state index in [9.17, 15) is 14.3 Å². The number of rotatable bonds is 7. The van der Waals surface area contributed by atoms with Gasteiger partial charge in [-0.05, 0) is 31.0 Å². The van der Waals surface area contributed by atoms with Gasteiger partial charge in [0.05, 0.1) is 13.2 Å². The van der Waals surface area contributed by atoms with Gasteiger partial charge >= 0.3 is 0 Å². The van der Waals surface area contributed by atoms with E-state index in [1.807, 2.05) is 0 Å². The van der Waals surface area contributed by atoms with Crippen LogP contribution in [0.1, 0.15) is 12.8 Å². The average molecular weight is 480 g/mol. The Hall–Kier alpha value is -1.46. The maximum absolute atomic E-state index is 13.1. The van der Waals surface area contributed by atoms with E-state index in [2.05, 4.69) is 20.9 Å². The Morgan fingerprint density at radius 2 is 2.23 bits per heavy atom. The molecule has 1 saturated heterocycles. The van der Waals surface area contributed by atoms with Crippen molar-refractivity contribution in [3.05, 3.63) is 30.1 Å². The van der Waals surface area contributed by atoms with Crippen molar-refractivity contribution in [3.63, 3.8) is 0 Å². The highest BCUT2D eigenvalue weighted by atomic mass is 127. The van der Waals surface area contributed by atoms with Crippen molar-refractivity contribution in [2.45, 2.75) is 12.8 Å². The fraction of sp³-hybridized carbons (Fsp3) is 0.529. The van der Waals surface area contributed by atoms with Crippen molar-refractivity contribution in [2.24, 2.45) is 10.4 Å². The van der Waals surface area contributed by atoms with Crippen LogP contribution >= 0.6 is 24.0 Å². The number of nitrogens with one attached hydrogen (secondary N) is 3. The van der Waals surface area contributed by atoms with Crippen LogP contribution in [0.15, 0.2) is 29.3 Å². The molecule has 1 unspecified atom stereocenters. The van der Waals surface area contributed by atoms with Crippen LogP contribution in [0.5, 0.6) is 0 Å². The molecule has 9 heteroatoms. The molecule has 0 spiro atoms. The molecule has 1 amide bonds. The third kappa shape index (κ3) is 7.04. The van der Waals surface area contributed by atoms with E-state index in [1.165, 1.54) is 18.2 Å². The Morgan fingerprint density at radius 3 is 2.85 bits per heavy atom. The van der Waals surface area contributed by atoms with Crippen molar-refractivity contribution in [3.8, 4) is 0 Å². The predicted octanol–water partition coefficient (Wildman–Crippen LogP) is 1.34. The zero-order valence-electron chi connectivity index (χ0n) is 14.8. The first-order chi connectivity index (χ1) is 12.1. The van der Waals surface area contributed by atoms with Crippen LogP contribution in [0.3, 0.4) is 0 Å². The number of guanidine groups is 1. The summed E-state index contributed by atoms with van der Waals surface area (Å²) in [4.78, 5) is 16.0. The van der Waals surface area contributed by atoms with Crippen LogP contribution in [-0.2, 0) is 9.53 Å². The molecule has 1 aromatic carbocycles. The lowest BCUT2D eigenvalue weighted by atomic mass is 9.84. The average Bonchev–Trinajstić information content (AvgIpc) is 3.04. The highest BCUT2D eigenvalue weighted by Gasteiger charge is 2.34. The minimum Gasteiger partial charge on any atom is -0.396 e. The van der Waals surface area contributed by atoms with Crippen molar-refractivity contribution in [1.29, 1.82) is 0 Å². The van der Waals surface area contributed by atoms with E-state index in [0.29, 0.717) is 37.8 Å². The Morgan fingerprint density at radius 1 is 1.42 bits per heavy atom. The number of hydrogen-bond acceptors (Lipinski definition) is 4. The zero-order valence-corrected chi connectivity index (χ0v) is 17.1. The molecule has 1 aliphatic rings. The maximum Gasteiger partial charge on any atom is 0.243 e. The molecule has 1 fully saturated rings. The number of benzene rings is 1. The first-order valence-electron chi connectivity index (χ1n) is 8.25. The van der Waals surface area contributed by atoms with Gasteiger partial charge in [0.2, 0.25) is 5.91 Å². The van der Waals surface area contributed by atoms with E-state index in [1.54, 1.807) is 13.1 Å². The number of aliphatic hydroxyl groups is 1. The fourth-order valence-corrected chi connectivity index (χ4v) is 2.74. The molecule has 0 bridgehead atoms. The molecular formula is C17H26FIN4O3. The maximum atomic E-state index is 13.1. The minimum absolute atomic E-state index is 0. The second-order valence-corrected chi connectivity index (χ2v) is 6.11. The molecule has 1 heterocycles. The molecule has 0 aromatic heterocycles. The number of ether oxygens (including phenoxy) is 1. The van der Waals surface area contributed by atoms with Gasteiger partial charge in [-0.2, -0.15) is 0 Å². The van der Waals surface area contributed by atoms with Gasteiger partial charge < -0.3 is 25.8 Å². The van der Waals surface area contributed by atoms with E-state index >= 15 is 0 Å². The van der Waals surface area contributed by atoms with Crippen LogP contribution in [0.4, 0.5) is 10.1 Å². The molecule has 1 aromatic rings. The Kier molecular flexibility index (Phi) is 9.81. The van der Waals surface area contributed by atoms with Crippen LogP contribution in [-0.4, -0.2) is 56.9 Å². The van der Waals surface area contributed by atoms with Gasteiger partial charge in [-0.25, -0.2) is 4.39 Å². The van der Waals surface area contributed by atoms with Crippen LogP contribution < -0.4 is 16.0 Å². The van der Waals surface area contributed by atoms with Crippen LogP contribution in [0.25, 0.3) is 0 Å². The third-order valence-corrected chi connectivity index (χ3v) is 4.21. The Bertz CT molecular complexity index is 609. The topological polar surface area (TPSA) is 95.0 Å². The molecule has 4 N–H and O–H groups in total. The Balaban J connectivity index is 0.00000338. The SMILES string of the molecule is CN=C(NCC(=O)Nc1cccc(F)c1)NCC1(CCO)CCOC1.I. The third-order valence-electron chi connectivity index (χ3n) is 4.21.